The molecular weight excluding hydrogens is 242 g/mol. The summed E-state index contributed by atoms with van der Waals surface area (Å²) in [5.41, 5.74) is 7.82. The van der Waals surface area contributed by atoms with Crippen molar-refractivity contribution < 1.29 is 0 Å². The first-order valence-electron chi connectivity index (χ1n) is 6.62. The van der Waals surface area contributed by atoms with Crippen LogP contribution in [0.1, 0.15) is 37.8 Å². The summed E-state index contributed by atoms with van der Waals surface area (Å²) in [5, 5.41) is 3.05. The maximum Gasteiger partial charge on any atom is 0.193 e. The zero-order valence-electron chi connectivity index (χ0n) is 10.5. The van der Waals surface area contributed by atoms with Gasteiger partial charge in [0, 0.05) is 35.4 Å². The minimum Gasteiger partial charge on any atom is -0.325 e. The number of nitrogens with zero attached hydrogens (tertiary/aromatic N) is 2. The van der Waals surface area contributed by atoms with Gasteiger partial charge in [0.25, 0.3) is 0 Å². The van der Waals surface area contributed by atoms with E-state index in [4.69, 9.17) is 5.73 Å². The Morgan fingerprint density at radius 2 is 2.17 bits per heavy atom. The molecule has 2 heterocycles. The first-order valence-corrected chi connectivity index (χ1v) is 7.50. The normalized spacial score (nSPS) is 18.9. The highest BCUT2D eigenvalue weighted by molar-refractivity contribution is 7.12. The van der Waals surface area contributed by atoms with Crippen LogP contribution in [-0.4, -0.2) is 15.1 Å². The molecule has 3 nitrogen and oxygen atoms in total. The van der Waals surface area contributed by atoms with Crippen molar-refractivity contribution >= 4 is 11.3 Å². The summed E-state index contributed by atoms with van der Waals surface area (Å²) >= 11 is 1.67. The summed E-state index contributed by atoms with van der Waals surface area (Å²) in [7, 11) is 0. The molecule has 1 saturated carbocycles. The largest absolute Gasteiger partial charge is 0.325 e. The number of aromatic nitrogens is 2. The van der Waals surface area contributed by atoms with Gasteiger partial charge in [-0.05, 0) is 25.0 Å². The molecule has 18 heavy (non-hydrogen) atoms. The van der Waals surface area contributed by atoms with Crippen LogP contribution < -0.4 is 5.73 Å². The Balaban J connectivity index is 1.83. The topological polar surface area (TPSA) is 43.8 Å². The SMILES string of the molecule is NC1(Cc2cccn2-c2nccs2)CCCCC1. The molecule has 4 heteroatoms. The summed E-state index contributed by atoms with van der Waals surface area (Å²) in [6.07, 6.45) is 11.1. The van der Waals surface area contributed by atoms with Crippen molar-refractivity contribution in [1.29, 1.82) is 0 Å². The Hall–Kier alpha value is -1.13. The molecule has 1 aliphatic carbocycles. The second kappa shape index (κ2) is 4.86. The van der Waals surface area contributed by atoms with Gasteiger partial charge in [0.2, 0.25) is 0 Å². The van der Waals surface area contributed by atoms with Crippen LogP contribution in [-0.2, 0) is 6.42 Å². The van der Waals surface area contributed by atoms with E-state index in [9.17, 15) is 0 Å². The fourth-order valence-electron chi connectivity index (χ4n) is 2.88. The average molecular weight is 261 g/mol. The van der Waals surface area contributed by atoms with Crippen molar-refractivity contribution in [1.82, 2.24) is 9.55 Å². The molecular formula is C14H19N3S. The number of hydrogen-bond donors (Lipinski definition) is 1. The molecule has 0 bridgehead atoms. The van der Waals surface area contributed by atoms with E-state index in [0.29, 0.717) is 0 Å². The lowest BCUT2D eigenvalue weighted by Gasteiger charge is -2.33. The summed E-state index contributed by atoms with van der Waals surface area (Å²) in [5.74, 6) is 0. The number of thiazole rings is 1. The summed E-state index contributed by atoms with van der Waals surface area (Å²) in [6, 6.07) is 4.26. The van der Waals surface area contributed by atoms with Gasteiger partial charge in [-0.3, -0.25) is 4.57 Å². The van der Waals surface area contributed by atoms with Crippen LogP contribution in [0.5, 0.6) is 0 Å². The van der Waals surface area contributed by atoms with Crippen molar-refractivity contribution in [3.63, 3.8) is 0 Å². The van der Waals surface area contributed by atoms with E-state index in [1.54, 1.807) is 11.3 Å². The van der Waals surface area contributed by atoms with Crippen LogP contribution >= 0.6 is 11.3 Å². The first-order chi connectivity index (χ1) is 8.77. The van der Waals surface area contributed by atoms with Gasteiger partial charge in [-0.25, -0.2) is 4.98 Å². The minimum atomic E-state index is -0.00832. The standard InChI is InChI=1S/C14H19N3S/c15-14(6-2-1-3-7-14)11-12-5-4-9-17(12)13-16-8-10-18-13/h4-5,8-10H,1-3,6-7,11,15H2. The third-order valence-electron chi connectivity index (χ3n) is 3.84. The number of hydrogen-bond acceptors (Lipinski definition) is 3. The van der Waals surface area contributed by atoms with E-state index in [-0.39, 0.29) is 5.54 Å². The lowest BCUT2D eigenvalue weighted by Crippen LogP contribution is -2.44. The van der Waals surface area contributed by atoms with E-state index in [0.717, 1.165) is 24.4 Å². The van der Waals surface area contributed by atoms with Gasteiger partial charge < -0.3 is 5.73 Å². The number of rotatable bonds is 3. The van der Waals surface area contributed by atoms with Gasteiger partial charge in [-0.15, -0.1) is 11.3 Å². The van der Waals surface area contributed by atoms with Crippen LogP contribution in [0, 0.1) is 0 Å². The molecule has 0 saturated heterocycles. The summed E-state index contributed by atoms with van der Waals surface area (Å²) < 4.78 is 2.17. The Morgan fingerprint density at radius 3 is 2.89 bits per heavy atom. The van der Waals surface area contributed by atoms with Crippen molar-refractivity contribution in [2.24, 2.45) is 5.73 Å². The molecule has 2 aromatic heterocycles. The second-order valence-corrected chi connectivity index (χ2v) is 6.16. The van der Waals surface area contributed by atoms with Gasteiger partial charge >= 0.3 is 0 Å². The number of nitrogens with two attached hydrogens (primary N) is 1. The molecule has 1 aliphatic rings. The molecule has 1 fully saturated rings. The van der Waals surface area contributed by atoms with Gasteiger partial charge in [0.1, 0.15) is 0 Å². The molecule has 0 radical (unpaired) electrons. The molecule has 0 spiro atoms. The molecule has 2 aromatic rings. The van der Waals surface area contributed by atoms with Crippen molar-refractivity contribution in [3.8, 4) is 5.13 Å². The zero-order valence-corrected chi connectivity index (χ0v) is 11.3. The first kappa shape index (κ1) is 11.9. The third-order valence-corrected chi connectivity index (χ3v) is 4.61. The summed E-state index contributed by atoms with van der Waals surface area (Å²) in [4.78, 5) is 4.38. The molecule has 0 unspecified atom stereocenters. The van der Waals surface area contributed by atoms with Crippen LogP contribution in [0.25, 0.3) is 5.13 Å². The predicted octanol–water partition coefficient (Wildman–Crippen LogP) is 3.14. The van der Waals surface area contributed by atoms with Crippen molar-refractivity contribution in [2.45, 2.75) is 44.1 Å². The zero-order chi connectivity index (χ0) is 12.4. The molecule has 2 N–H and O–H groups in total. The van der Waals surface area contributed by atoms with Crippen molar-refractivity contribution in [2.75, 3.05) is 0 Å². The van der Waals surface area contributed by atoms with Gasteiger partial charge in [-0.1, -0.05) is 19.3 Å². The molecule has 0 atom stereocenters. The van der Waals surface area contributed by atoms with Gasteiger partial charge in [-0.2, -0.15) is 0 Å². The molecule has 0 aliphatic heterocycles. The summed E-state index contributed by atoms with van der Waals surface area (Å²) in [6.45, 7) is 0. The second-order valence-electron chi connectivity index (χ2n) is 5.28. The average Bonchev–Trinajstić information content (AvgIpc) is 2.99. The van der Waals surface area contributed by atoms with Gasteiger partial charge in [0.05, 0.1) is 0 Å². The predicted molar refractivity (Wildman–Crippen MR) is 75.1 cm³/mol. The molecule has 0 aromatic carbocycles. The minimum absolute atomic E-state index is 0.00832. The van der Waals surface area contributed by atoms with Crippen LogP contribution in [0.15, 0.2) is 29.9 Å². The highest BCUT2D eigenvalue weighted by Crippen LogP contribution is 2.30. The van der Waals surface area contributed by atoms with E-state index in [2.05, 4.69) is 27.9 Å². The van der Waals surface area contributed by atoms with Crippen LogP contribution in [0.2, 0.25) is 0 Å². The van der Waals surface area contributed by atoms with Gasteiger partial charge in [0.15, 0.2) is 5.13 Å². The molecule has 3 rings (SSSR count). The van der Waals surface area contributed by atoms with E-state index in [1.807, 2.05) is 11.6 Å². The quantitative estimate of drug-likeness (QED) is 0.922. The van der Waals surface area contributed by atoms with E-state index >= 15 is 0 Å². The van der Waals surface area contributed by atoms with Crippen LogP contribution in [0.4, 0.5) is 0 Å². The van der Waals surface area contributed by atoms with Crippen molar-refractivity contribution in [3.05, 3.63) is 35.6 Å². The fraction of sp³-hybridized carbons (Fsp3) is 0.500. The Morgan fingerprint density at radius 1 is 1.33 bits per heavy atom. The maximum atomic E-state index is 6.54. The molecule has 96 valence electrons. The monoisotopic (exact) mass is 261 g/mol. The Labute approximate surface area is 112 Å². The smallest absolute Gasteiger partial charge is 0.193 e. The lowest BCUT2D eigenvalue weighted by atomic mass is 9.79. The Kier molecular flexibility index (Phi) is 3.22. The maximum absolute atomic E-state index is 6.54. The van der Waals surface area contributed by atoms with Crippen LogP contribution in [0.3, 0.4) is 0 Å². The van der Waals surface area contributed by atoms with E-state index < -0.39 is 0 Å². The highest BCUT2D eigenvalue weighted by atomic mass is 32.1. The lowest BCUT2D eigenvalue weighted by molar-refractivity contribution is 0.291. The molecule has 0 amide bonds. The fourth-order valence-corrected chi connectivity index (χ4v) is 3.53. The third kappa shape index (κ3) is 2.35. The highest BCUT2D eigenvalue weighted by Gasteiger charge is 2.28. The van der Waals surface area contributed by atoms with E-state index in [1.165, 1.54) is 25.0 Å². The Bertz CT molecular complexity index is 495.